The number of Topliss-reactive ketones (excluding diaryl/α,β-unsaturated/α-hetero) is 1. The molecule has 0 unspecified atom stereocenters. The molecule has 0 bridgehead atoms. The van der Waals surface area contributed by atoms with E-state index in [4.69, 9.17) is 14.2 Å². The largest absolute Gasteiger partial charge is 0.493 e. The van der Waals surface area contributed by atoms with E-state index in [-0.39, 0.29) is 39.2 Å². The van der Waals surface area contributed by atoms with Crippen LogP contribution in [0.5, 0.6) is 11.5 Å². The summed E-state index contributed by atoms with van der Waals surface area (Å²) in [5.74, 6) is -0.656. The number of methoxy groups -OCH3 is 1. The van der Waals surface area contributed by atoms with Crippen LogP contribution in [-0.2, 0) is 14.9 Å². The van der Waals surface area contributed by atoms with Gasteiger partial charge in [-0.05, 0) is 68.3 Å². The van der Waals surface area contributed by atoms with Crippen LogP contribution in [0.2, 0.25) is 0 Å². The van der Waals surface area contributed by atoms with Crippen LogP contribution in [0.1, 0.15) is 70.0 Å². The molecular weight excluding hydrogens is 530 g/mol. The zero-order valence-electron chi connectivity index (χ0n) is 25.9. The van der Waals surface area contributed by atoms with Crippen molar-refractivity contribution in [1.29, 1.82) is 5.26 Å². The summed E-state index contributed by atoms with van der Waals surface area (Å²) in [6.07, 6.45) is 0. The standard InChI is InChI=1S/C34H41N3O5/c1-32(2,3)23-17-22(19-35)30(40-8)27(18-23)36-31(39)29(38)26-13-14-28(25-12-10-9-11-24(25)26)41-16-15-37-20-33(4,5)42-34(6,7)21-37/h9-14,17-18H,15-16,20-21H2,1-8H3,(H,36,39). The number of benzene rings is 3. The Bertz CT molecular complexity index is 1530. The number of morpholine rings is 1. The van der Waals surface area contributed by atoms with E-state index in [1.54, 1.807) is 24.3 Å². The summed E-state index contributed by atoms with van der Waals surface area (Å²) in [6.45, 7) is 17.2. The van der Waals surface area contributed by atoms with Gasteiger partial charge in [-0.25, -0.2) is 0 Å². The number of carbonyl (C=O) groups excluding carboxylic acids is 2. The van der Waals surface area contributed by atoms with Crippen molar-refractivity contribution in [3.63, 3.8) is 0 Å². The van der Waals surface area contributed by atoms with E-state index in [0.717, 1.165) is 30.6 Å². The lowest BCUT2D eigenvalue weighted by molar-refractivity contribution is -0.181. The Morgan fingerprint density at radius 1 is 1.02 bits per heavy atom. The predicted octanol–water partition coefficient (Wildman–Crippen LogP) is 6.11. The van der Waals surface area contributed by atoms with Crippen molar-refractivity contribution in [1.82, 2.24) is 4.90 Å². The number of nitrogens with zero attached hydrogens (tertiary/aromatic N) is 2. The smallest absolute Gasteiger partial charge is 0.296 e. The fraction of sp³-hybridized carbons (Fsp3) is 0.441. The first-order valence-corrected chi connectivity index (χ1v) is 14.2. The molecule has 1 aliphatic heterocycles. The number of ketones is 1. The third-order valence-electron chi connectivity index (χ3n) is 7.29. The molecule has 3 aromatic carbocycles. The maximum Gasteiger partial charge on any atom is 0.296 e. The molecule has 1 aliphatic rings. The minimum atomic E-state index is -0.820. The van der Waals surface area contributed by atoms with Crippen LogP contribution in [0.15, 0.2) is 48.5 Å². The van der Waals surface area contributed by atoms with Gasteiger partial charge in [0.1, 0.15) is 18.4 Å². The first-order valence-electron chi connectivity index (χ1n) is 14.2. The van der Waals surface area contributed by atoms with E-state index in [1.165, 1.54) is 7.11 Å². The molecule has 0 aromatic heterocycles. The van der Waals surface area contributed by atoms with Gasteiger partial charge in [0.2, 0.25) is 0 Å². The fourth-order valence-corrected chi connectivity index (χ4v) is 5.74. The maximum atomic E-state index is 13.5. The van der Waals surface area contributed by atoms with Gasteiger partial charge in [-0.15, -0.1) is 0 Å². The van der Waals surface area contributed by atoms with Crippen molar-refractivity contribution >= 4 is 28.2 Å². The number of carbonyl (C=O) groups is 2. The Kier molecular flexibility index (Phi) is 8.68. The minimum absolute atomic E-state index is 0.215. The molecule has 8 heteroatoms. The molecular formula is C34H41N3O5. The fourth-order valence-electron chi connectivity index (χ4n) is 5.74. The second kappa shape index (κ2) is 11.7. The number of nitriles is 1. The molecule has 1 fully saturated rings. The number of amides is 1. The van der Waals surface area contributed by atoms with Crippen molar-refractivity contribution in [2.75, 3.05) is 38.7 Å². The van der Waals surface area contributed by atoms with Gasteiger partial charge in [-0.2, -0.15) is 5.26 Å². The molecule has 1 amide bonds. The van der Waals surface area contributed by atoms with Gasteiger partial charge in [-0.1, -0.05) is 45.0 Å². The second-order valence-corrected chi connectivity index (χ2v) is 13.1. The van der Waals surface area contributed by atoms with Gasteiger partial charge in [0.05, 0.1) is 29.6 Å². The zero-order chi connectivity index (χ0) is 30.9. The molecule has 0 aliphatic carbocycles. The number of nitrogens with one attached hydrogen (secondary N) is 1. The summed E-state index contributed by atoms with van der Waals surface area (Å²) in [7, 11) is 1.43. The summed E-state index contributed by atoms with van der Waals surface area (Å²) >= 11 is 0. The van der Waals surface area contributed by atoms with Crippen molar-refractivity contribution < 1.29 is 23.8 Å². The Morgan fingerprint density at radius 2 is 1.67 bits per heavy atom. The van der Waals surface area contributed by atoms with Crippen LogP contribution in [0.25, 0.3) is 10.8 Å². The average molecular weight is 572 g/mol. The van der Waals surface area contributed by atoms with Gasteiger partial charge in [0.15, 0.2) is 5.75 Å². The number of rotatable bonds is 8. The summed E-state index contributed by atoms with van der Waals surface area (Å²) in [5.41, 5.74) is 0.873. The average Bonchev–Trinajstić information content (AvgIpc) is 2.90. The Morgan fingerprint density at radius 3 is 2.26 bits per heavy atom. The quantitative estimate of drug-likeness (QED) is 0.257. The molecule has 222 valence electrons. The molecule has 0 radical (unpaired) electrons. The molecule has 0 saturated carbocycles. The number of hydrogen-bond donors (Lipinski definition) is 1. The zero-order valence-corrected chi connectivity index (χ0v) is 25.9. The normalized spacial score (nSPS) is 16.5. The van der Waals surface area contributed by atoms with Crippen molar-refractivity contribution in [2.45, 2.75) is 65.1 Å². The number of anilines is 1. The van der Waals surface area contributed by atoms with Gasteiger partial charge < -0.3 is 19.5 Å². The SMILES string of the molecule is COc1c(C#N)cc(C(C)(C)C)cc1NC(=O)C(=O)c1ccc(OCCN2CC(C)(C)OC(C)(C)C2)c2ccccc12. The number of fused-ring (bicyclic) bond motifs is 1. The highest BCUT2D eigenvalue weighted by Crippen LogP contribution is 2.36. The first-order chi connectivity index (χ1) is 19.6. The van der Waals surface area contributed by atoms with Gasteiger partial charge in [-0.3, -0.25) is 14.5 Å². The highest BCUT2D eigenvalue weighted by molar-refractivity contribution is 6.48. The molecule has 1 saturated heterocycles. The van der Waals surface area contributed by atoms with Crippen LogP contribution < -0.4 is 14.8 Å². The van der Waals surface area contributed by atoms with E-state index >= 15 is 0 Å². The van der Waals surface area contributed by atoms with Crippen LogP contribution in [0.3, 0.4) is 0 Å². The summed E-state index contributed by atoms with van der Waals surface area (Å²) < 4.78 is 17.8. The summed E-state index contributed by atoms with van der Waals surface area (Å²) in [6, 6.07) is 16.4. The van der Waals surface area contributed by atoms with Crippen LogP contribution in [-0.4, -0.2) is 61.1 Å². The minimum Gasteiger partial charge on any atom is -0.493 e. The molecule has 0 atom stereocenters. The van der Waals surface area contributed by atoms with E-state index in [0.29, 0.717) is 17.7 Å². The lowest BCUT2D eigenvalue weighted by Crippen LogP contribution is -2.57. The number of hydrogen-bond acceptors (Lipinski definition) is 7. The highest BCUT2D eigenvalue weighted by atomic mass is 16.5. The van der Waals surface area contributed by atoms with Crippen LogP contribution >= 0.6 is 0 Å². The van der Waals surface area contributed by atoms with E-state index < -0.39 is 11.7 Å². The summed E-state index contributed by atoms with van der Waals surface area (Å²) in [4.78, 5) is 29.1. The van der Waals surface area contributed by atoms with Crippen molar-refractivity contribution in [2.24, 2.45) is 0 Å². The topological polar surface area (TPSA) is 101 Å². The molecule has 0 spiro atoms. The number of ether oxygens (including phenoxy) is 3. The van der Waals surface area contributed by atoms with Crippen LogP contribution in [0, 0.1) is 11.3 Å². The third-order valence-corrected chi connectivity index (χ3v) is 7.29. The van der Waals surface area contributed by atoms with E-state index in [2.05, 4.69) is 44.0 Å². The van der Waals surface area contributed by atoms with E-state index in [1.807, 2.05) is 45.0 Å². The molecule has 4 rings (SSSR count). The van der Waals surface area contributed by atoms with Crippen molar-refractivity contribution in [3.8, 4) is 17.6 Å². The third kappa shape index (κ3) is 6.92. The molecule has 1 N–H and O–H groups in total. The lowest BCUT2D eigenvalue weighted by Gasteiger charge is -2.47. The first kappa shape index (κ1) is 31.0. The van der Waals surface area contributed by atoms with E-state index in [9.17, 15) is 14.9 Å². The highest BCUT2D eigenvalue weighted by Gasteiger charge is 2.37. The maximum absolute atomic E-state index is 13.5. The van der Waals surface area contributed by atoms with Crippen LogP contribution in [0.4, 0.5) is 5.69 Å². The molecule has 8 nitrogen and oxygen atoms in total. The Labute approximate surface area is 248 Å². The van der Waals surface area contributed by atoms with Gasteiger partial charge in [0.25, 0.3) is 11.7 Å². The second-order valence-electron chi connectivity index (χ2n) is 13.1. The Balaban J connectivity index is 1.55. The summed E-state index contributed by atoms with van der Waals surface area (Å²) in [5, 5.41) is 13.8. The van der Waals surface area contributed by atoms with Crippen molar-refractivity contribution in [3.05, 3.63) is 65.2 Å². The monoisotopic (exact) mass is 571 g/mol. The van der Waals surface area contributed by atoms with Gasteiger partial charge in [0, 0.05) is 30.6 Å². The predicted molar refractivity (Wildman–Crippen MR) is 164 cm³/mol. The molecule has 3 aromatic rings. The van der Waals surface area contributed by atoms with Gasteiger partial charge >= 0.3 is 0 Å². The Hall–Kier alpha value is -3.93. The molecule has 1 heterocycles. The lowest BCUT2D eigenvalue weighted by atomic mass is 9.85. The molecule has 42 heavy (non-hydrogen) atoms.